The first-order valence-electron chi connectivity index (χ1n) is 7.28. The average molecular weight is 263 g/mol. The van der Waals surface area contributed by atoms with E-state index in [0.717, 1.165) is 25.3 Å². The van der Waals surface area contributed by atoms with Crippen molar-refractivity contribution in [3.05, 3.63) is 29.8 Å². The Balaban J connectivity index is 1.98. The number of benzene rings is 1. The van der Waals surface area contributed by atoms with E-state index in [1.807, 2.05) is 19.1 Å². The molecule has 1 fully saturated rings. The average Bonchev–Trinajstić information content (AvgIpc) is 2.86. The third kappa shape index (κ3) is 3.95. The highest BCUT2D eigenvalue weighted by Crippen LogP contribution is 2.34. The van der Waals surface area contributed by atoms with Gasteiger partial charge in [-0.1, -0.05) is 26.0 Å². The van der Waals surface area contributed by atoms with Crippen molar-refractivity contribution in [3.8, 4) is 5.75 Å². The van der Waals surface area contributed by atoms with Crippen molar-refractivity contribution in [1.29, 1.82) is 0 Å². The molecule has 106 valence electrons. The van der Waals surface area contributed by atoms with Crippen molar-refractivity contribution in [3.63, 3.8) is 0 Å². The second-order valence-electron chi connectivity index (χ2n) is 5.41. The molecule has 0 aromatic heterocycles. The molecule has 0 aliphatic carbocycles. The van der Waals surface area contributed by atoms with Crippen molar-refractivity contribution >= 4 is 0 Å². The molecule has 1 aromatic carbocycles. The summed E-state index contributed by atoms with van der Waals surface area (Å²) in [6, 6.07) is 8.86. The smallest absolute Gasteiger partial charge is 0.119 e. The maximum absolute atomic E-state index is 5.90. The van der Waals surface area contributed by atoms with Crippen LogP contribution in [0.25, 0.3) is 0 Å². The van der Waals surface area contributed by atoms with Gasteiger partial charge < -0.3 is 14.8 Å². The summed E-state index contributed by atoms with van der Waals surface area (Å²) in [4.78, 5) is 0. The summed E-state index contributed by atoms with van der Waals surface area (Å²) in [6.45, 7) is 8.96. The van der Waals surface area contributed by atoms with Gasteiger partial charge in [0, 0.05) is 25.1 Å². The molecule has 0 amide bonds. The van der Waals surface area contributed by atoms with Gasteiger partial charge in [0.05, 0.1) is 12.7 Å². The van der Waals surface area contributed by atoms with Gasteiger partial charge in [0.15, 0.2) is 0 Å². The summed E-state index contributed by atoms with van der Waals surface area (Å²) in [7, 11) is 0. The highest BCUT2D eigenvalue weighted by atomic mass is 16.5. The van der Waals surface area contributed by atoms with E-state index in [2.05, 4.69) is 31.3 Å². The van der Waals surface area contributed by atoms with Gasteiger partial charge in [0.1, 0.15) is 5.75 Å². The molecule has 1 aliphatic heterocycles. The van der Waals surface area contributed by atoms with Crippen LogP contribution in [0.3, 0.4) is 0 Å². The Hall–Kier alpha value is -1.06. The minimum absolute atomic E-state index is 0.224. The fourth-order valence-corrected chi connectivity index (χ4v) is 2.52. The highest BCUT2D eigenvalue weighted by molar-refractivity contribution is 5.29. The third-order valence-electron chi connectivity index (χ3n) is 3.52. The Morgan fingerprint density at radius 1 is 1.32 bits per heavy atom. The lowest BCUT2D eigenvalue weighted by atomic mass is 9.95. The highest BCUT2D eigenvalue weighted by Gasteiger charge is 2.29. The molecule has 2 atom stereocenters. The van der Waals surface area contributed by atoms with Crippen LogP contribution in [0.4, 0.5) is 0 Å². The third-order valence-corrected chi connectivity index (χ3v) is 3.52. The fraction of sp³-hybridized carbons (Fsp3) is 0.625. The Morgan fingerprint density at radius 2 is 2.05 bits per heavy atom. The summed E-state index contributed by atoms with van der Waals surface area (Å²) >= 11 is 0. The van der Waals surface area contributed by atoms with Crippen LogP contribution in [0, 0.1) is 5.92 Å². The van der Waals surface area contributed by atoms with Gasteiger partial charge in [-0.3, -0.25) is 0 Å². The van der Waals surface area contributed by atoms with Gasteiger partial charge in [-0.05, 0) is 31.0 Å². The zero-order valence-electron chi connectivity index (χ0n) is 12.2. The second-order valence-corrected chi connectivity index (χ2v) is 5.41. The van der Waals surface area contributed by atoms with E-state index >= 15 is 0 Å². The molecule has 2 unspecified atom stereocenters. The number of rotatable bonds is 6. The van der Waals surface area contributed by atoms with Crippen LogP contribution in [0.1, 0.15) is 38.9 Å². The molecule has 0 spiro atoms. The molecule has 0 radical (unpaired) electrons. The van der Waals surface area contributed by atoms with Crippen molar-refractivity contribution in [2.45, 2.75) is 39.3 Å². The van der Waals surface area contributed by atoms with E-state index < -0.39 is 0 Å². The monoisotopic (exact) mass is 263 g/mol. The fourth-order valence-electron chi connectivity index (χ4n) is 2.52. The Kier molecular flexibility index (Phi) is 5.23. The normalized spacial score (nSPS) is 22.9. The Morgan fingerprint density at radius 3 is 2.68 bits per heavy atom. The SMILES string of the molecule is CCOc1ccc(C2OCCC2CNC(C)C)cc1. The van der Waals surface area contributed by atoms with Gasteiger partial charge in [-0.25, -0.2) is 0 Å². The molecule has 2 rings (SSSR count). The van der Waals surface area contributed by atoms with Gasteiger partial charge in [-0.15, -0.1) is 0 Å². The van der Waals surface area contributed by atoms with Crippen LogP contribution in [-0.4, -0.2) is 25.8 Å². The number of hydrogen-bond acceptors (Lipinski definition) is 3. The van der Waals surface area contributed by atoms with E-state index in [4.69, 9.17) is 9.47 Å². The zero-order chi connectivity index (χ0) is 13.7. The second kappa shape index (κ2) is 6.92. The number of nitrogens with one attached hydrogen (secondary N) is 1. The van der Waals surface area contributed by atoms with E-state index in [9.17, 15) is 0 Å². The molecule has 1 aliphatic rings. The Bertz CT molecular complexity index is 375. The summed E-state index contributed by atoms with van der Waals surface area (Å²) in [5.41, 5.74) is 1.26. The summed E-state index contributed by atoms with van der Waals surface area (Å²) < 4.78 is 11.4. The van der Waals surface area contributed by atoms with E-state index in [0.29, 0.717) is 18.6 Å². The predicted molar refractivity (Wildman–Crippen MR) is 77.5 cm³/mol. The van der Waals surface area contributed by atoms with Crippen LogP contribution in [-0.2, 0) is 4.74 Å². The largest absolute Gasteiger partial charge is 0.494 e. The molecule has 3 nitrogen and oxygen atoms in total. The van der Waals surface area contributed by atoms with Crippen LogP contribution in [0.2, 0.25) is 0 Å². The van der Waals surface area contributed by atoms with Crippen LogP contribution < -0.4 is 10.1 Å². The summed E-state index contributed by atoms with van der Waals surface area (Å²) in [5, 5.41) is 3.51. The maximum atomic E-state index is 5.90. The minimum atomic E-state index is 0.224. The zero-order valence-corrected chi connectivity index (χ0v) is 12.2. The molecule has 0 saturated carbocycles. The Labute approximate surface area is 116 Å². The van der Waals surface area contributed by atoms with Gasteiger partial charge in [0.25, 0.3) is 0 Å². The first kappa shape index (κ1) is 14.4. The van der Waals surface area contributed by atoms with Gasteiger partial charge >= 0.3 is 0 Å². The molecule has 1 N–H and O–H groups in total. The first-order valence-corrected chi connectivity index (χ1v) is 7.28. The van der Waals surface area contributed by atoms with Crippen LogP contribution in [0.5, 0.6) is 5.75 Å². The standard InChI is InChI=1S/C16H25NO2/c1-4-18-15-7-5-13(6-8-15)16-14(9-10-19-16)11-17-12(2)3/h5-8,12,14,16-17H,4,9-11H2,1-3H3. The molecule has 1 heterocycles. The number of ether oxygens (including phenoxy) is 2. The van der Waals surface area contributed by atoms with Crippen LogP contribution in [0.15, 0.2) is 24.3 Å². The summed E-state index contributed by atoms with van der Waals surface area (Å²) in [6.07, 6.45) is 1.36. The predicted octanol–water partition coefficient (Wildman–Crippen LogP) is 3.16. The first-order chi connectivity index (χ1) is 9.20. The lowest BCUT2D eigenvalue weighted by molar-refractivity contribution is 0.0900. The molecule has 0 bridgehead atoms. The van der Waals surface area contributed by atoms with E-state index in [-0.39, 0.29) is 6.10 Å². The van der Waals surface area contributed by atoms with Crippen molar-refractivity contribution in [2.24, 2.45) is 5.92 Å². The van der Waals surface area contributed by atoms with Crippen molar-refractivity contribution in [1.82, 2.24) is 5.32 Å². The van der Waals surface area contributed by atoms with Gasteiger partial charge in [0.2, 0.25) is 0 Å². The molecular formula is C16H25NO2. The molecule has 1 aromatic rings. The molecular weight excluding hydrogens is 238 g/mol. The van der Waals surface area contributed by atoms with Crippen molar-refractivity contribution in [2.75, 3.05) is 19.8 Å². The lowest BCUT2D eigenvalue weighted by Gasteiger charge is -2.21. The lowest BCUT2D eigenvalue weighted by Crippen LogP contribution is -2.30. The molecule has 1 saturated heterocycles. The van der Waals surface area contributed by atoms with Crippen molar-refractivity contribution < 1.29 is 9.47 Å². The molecule has 19 heavy (non-hydrogen) atoms. The quantitative estimate of drug-likeness (QED) is 0.855. The van der Waals surface area contributed by atoms with E-state index in [1.165, 1.54) is 5.56 Å². The van der Waals surface area contributed by atoms with E-state index in [1.54, 1.807) is 0 Å². The molecule has 3 heteroatoms. The number of hydrogen-bond donors (Lipinski definition) is 1. The topological polar surface area (TPSA) is 30.5 Å². The summed E-state index contributed by atoms with van der Waals surface area (Å²) in [5.74, 6) is 1.50. The maximum Gasteiger partial charge on any atom is 0.119 e. The van der Waals surface area contributed by atoms with Gasteiger partial charge in [-0.2, -0.15) is 0 Å². The minimum Gasteiger partial charge on any atom is -0.494 e. The van der Waals surface area contributed by atoms with Crippen LogP contribution >= 0.6 is 0 Å².